The average Bonchev–Trinajstić information content (AvgIpc) is 3.07. The fourth-order valence-corrected chi connectivity index (χ4v) is 3.92. The molecule has 0 spiro atoms. The number of rotatable bonds is 5. The van der Waals surface area contributed by atoms with Gasteiger partial charge in [-0.05, 0) is 55.5 Å². The molecule has 0 saturated heterocycles. The van der Waals surface area contributed by atoms with E-state index in [1.54, 1.807) is 6.34 Å². The molecule has 1 heterocycles. The van der Waals surface area contributed by atoms with Gasteiger partial charge in [-0.15, -0.1) is 0 Å². The number of hydrogen-bond acceptors (Lipinski definition) is 3. The Bertz CT molecular complexity index is 1110. The quantitative estimate of drug-likeness (QED) is 0.250. The van der Waals surface area contributed by atoms with E-state index in [1.807, 2.05) is 110 Å². The topological polar surface area (TPSA) is 44.9 Å². The Balaban J connectivity index is 1.97. The lowest BCUT2D eigenvalue weighted by Gasteiger charge is -2.33. The number of anilines is 1. The monoisotopic (exact) mass is 432 g/mol. The molecule has 1 aliphatic heterocycles. The van der Waals surface area contributed by atoms with E-state index in [4.69, 9.17) is 16.6 Å². The summed E-state index contributed by atoms with van der Waals surface area (Å²) in [6.45, 7) is 2.45. The third-order valence-corrected chi connectivity index (χ3v) is 5.62. The van der Waals surface area contributed by atoms with Crippen molar-refractivity contribution in [2.75, 3.05) is 25.5 Å². The summed E-state index contributed by atoms with van der Waals surface area (Å²) in [5, 5.41) is 14.7. The first-order valence-corrected chi connectivity index (χ1v) is 10.5. The molecule has 6 heteroatoms. The van der Waals surface area contributed by atoms with Crippen molar-refractivity contribution in [3.8, 4) is 0 Å². The summed E-state index contributed by atoms with van der Waals surface area (Å²) < 4.78 is 1.04. The molecule has 5 nitrogen and oxygen atoms in total. The summed E-state index contributed by atoms with van der Waals surface area (Å²) in [5.74, 6) is -1.28. The van der Waals surface area contributed by atoms with Crippen LogP contribution in [0.4, 0.5) is 5.69 Å². The van der Waals surface area contributed by atoms with Crippen molar-refractivity contribution in [3.63, 3.8) is 0 Å². The Kier molecular flexibility index (Phi) is 5.70. The van der Waals surface area contributed by atoms with Crippen LogP contribution in [0.1, 0.15) is 16.7 Å². The predicted octanol–water partition coefficient (Wildman–Crippen LogP) is 4.87. The van der Waals surface area contributed by atoms with Gasteiger partial charge in [-0.1, -0.05) is 47.5 Å². The van der Waals surface area contributed by atoms with E-state index < -0.39 is 5.79 Å². The Labute approximate surface area is 188 Å². The van der Waals surface area contributed by atoms with Gasteiger partial charge in [0.05, 0.1) is 11.9 Å². The molecule has 3 aromatic rings. The smallest absolute Gasteiger partial charge is 0.378 e. The van der Waals surface area contributed by atoms with Crippen molar-refractivity contribution < 1.29 is 4.74 Å². The second-order valence-electron chi connectivity index (χ2n) is 7.88. The molecule has 0 amide bonds. The highest BCUT2D eigenvalue weighted by Gasteiger charge is 2.54. The molecular formula is C25H25ClN4O. The van der Waals surface area contributed by atoms with Crippen LogP contribution in [-0.4, -0.2) is 42.3 Å². The number of benzene rings is 3. The number of aliphatic imine (C=N–C) groups is 1. The molecule has 1 atom stereocenters. The third-order valence-electron chi connectivity index (χ3n) is 5.37. The molecule has 0 fully saturated rings. The largest absolute Gasteiger partial charge is 0.620 e. The van der Waals surface area contributed by atoms with Gasteiger partial charge in [0.1, 0.15) is 6.54 Å². The van der Waals surface area contributed by atoms with Crippen LogP contribution in [0.2, 0.25) is 5.02 Å². The van der Waals surface area contributed by atoms with Crippen molar-refractivity contribution in [2.45, 2.75) is 12.7 Å². The van der Waals surface area contributed by atoms with Crippen LogP contribution in [0.25, 0.3) is 0 Å². The van der Waals surface area contributed by atoms with E-state index in [1.165, 1.54) is 0 Å². The predicted molar refractivity (Wildman–Crippen MR) is 128 cm³/mol. The van der Waals surface area contributed by atoms with E-state index in [9.17, 15) is 5.21 Å². The van der Waals surface area contributed by atoms with Gasteiger partial charge in [0, 0.05) is 30.4 Å². The zero-order valence-electron chi connectivity index (χ0n) is 17.9. The van der Waals surface area contributed by atoms with E-state index in [0.29, 0.717) is 17.3 Å². The molecule has 158 valence electrons. The van der Waals surface area contributed by atoms with Gasteiger partial charge in [0.2, 0.25) is 5.71 Å². The van der Waals surface area contributed by atoms with Gasteiger partial charge in [-0.3, -0.25) is 4.90 Å². The van der Waals surface area contributed by atoms with Crippen LogP contribution < -0.4 is 4.90 Å². The molecule has 3 aromatic carbocycles. The summed E-state index contributed by atoms with van der Waals surface area (Å²) in [4.78, 5) is 8.73. The number of hydroxylamine groups is 1. The maximum Gasteiger partial charge on any atom is 0.378 e. The van der Waals surface area contributed by atoms with Crippen molar-refractivity contribution in [2.24, 2.45) is 4.99 Å². The molecule has 0 N–H and O–H groups in total. The number of halogens is 1. The van der Waals surface area contributed by atoms with Gasteiger partial charge in [0.15, 0.2) is 0 Å². The highest BCUT2D eigenvalue weighted by atomic mass is 35.5. The van der Waals surface area contributed by atoms with Gasteiger partial charge >= 0.3 is 5.79 Å². The van der Waals surface area contributed by atoms with Crippen LogP contribution in [0.15, 0.2) is 83.9 Å². The Morgan fingerprint density at radius 1 is 1.00 bits per heavy atom. The van der Waals surface area contributed by atoms with Gasteiger partial charge in [-0.25, -0.2) is 0 Å². The first kappa shape index (κ1) is 20.9. The van der Waals surface area contributed by atoms with E-state index in [-0.39, 0.29) is 0 Å². The molecule has 31 heavy (non-hydrogen) atoms. The average molecular weight is 433 g/mol. The van der Waals surface area contributed by atoms with E-state index in [0.717, 1.165) is 27.1 Å². The van der Waals surface area contributed by atoms with Crippen LogP contribution >= 0.6 is 11.6 Å². The molecule has 0 radical (unpaired) electrons. The normalized spacial score (nSPS) is 18.8. The summed E-state index contributed by atoms with van der Waals surface area (Å²) in [7, 11) is 3.78. The maximum absolute atomic E-state index is 14.1. The molecule has 1 aliphatic rings. The van der Waals surface area contributed by atoms with Crippen molar-refractivity contribution in [3.05, 3.63) is 106 Å². The Morgan fingerprint density at radius 2 is 1.65 bits per heavy atom. The first-order chi connectivity index (χ1) is 14.9. The highest BCUT2D eigenvalue weighted by molar-refractivity contribution is 6.30. The van der Waals surface area contributed by atoms with Gasteiger partial charge in [0.25, 0.3) is 0 Å². The lowest BCUT2D eigenvalue weighted by Crippen LogP contribution is -2.47. The SMILES string of the molecule is Cc1ccc(C2=[N+]([O-])C(/N=C\N(C)C)(c3ccccc3)N(c3ccc(Cl)cc3)C2)cc1. The molecule has 0 bridgehead atoms. The zero-order chi connectivity index (χ0) is 22.0. The minimum atomic E-state index is -1.28. The molecule has 0 aromatic heterocycles. The number of hydrogen-bond donors (Lipinski definition) is 0. The van der Waals surface area contributed by atoms with Crippen LogP contribution in [0, 0.1) is 12.1 Å². The molecule has 0 aliphatic carbocycles. The zero-order valence-corrected chi connectivity index (χ0v) is 18.6. The molecule has 1 unspecified atom stereocenters. The Morgan fingerprint density at radius 3 is 2.26 bits per heavy atom. The van der Waals surface area contributed by atoms with Gasteiger partial charge in [-0.2, -0.15) is 9.73 Å². The third kappa shape index (κ3) is 3.89. The minimum Gasteiger partial charge on any atom is -0.620 e. The summed E-state index contributed by atoms with van der Waals surface area (Å²) in [5.41, 5.74) is 4.36. The lowest BCUT2D eigenvalue weighted by atomic mass is 10.1. The van der Waals surface area contributed by atoms with E-state index in [2.05, 4.69) is 0 Å². The Hall–Kier alpha value is -3.31. The van der Waals surface area contributed by atoms with Crippen LogP contribution in [0.5, 0.6) is 0 Å². The van der Waals surface area contributed by atoms with Crippen molar-refractivity contribution in [1.29, 1.82) is 0 Å². The standard InChI is InChI=1S/C25H25ClN4O/c1-19-9-11-20(12-10-19)24-17-29(23-15-13-22(26)14-16-23)25(30(24)31,27-18-28(2)3)21-7-5-4-6-8-21/h4-16,18H,17H2,1-3H3/b27-18-. The first-order valence-electron chi connectivity index (χ1n) is 10.1. The fraction of sp³-hybridized carbons (Fsp3) is 0.200. The van der Waals surface area contributed by atoms with Crippen molar-refractivity contribution >= 4 is 29.3 Å². The van der Waals surface area contributed by atoms with Crippen LogP contribution in [-0.2, 0) is 5.79 Å². The van der Waals surface area contributed by atoms with Gasteiger partial charge < -0.3 is 10.1 Å². The summed E-state index contributed by atoms with van der Waals surface area (Å²) in [6, 6.07) is 25.2. The second-order valence-corrected chi connectivity index (χ2v) is 8.32. The maximum atomic E-state index is 14.1. The minimum absolute atomic E-state index is 0.411. The number of aryl methyl sites for hydroxylation is 1. The summed E-state index contributed by atoms with van der Waals surface area (Å²) >= 11 is 6.15. The molecule has 4 rings (SSSR count). The summed E-state index contributed by atoms with van der Waals surface area (Å²) in [6.07, 6.45) is 1.69. The van der Waals surface area contributed by atoms with Crippen molar-refractivity contribution in [1.82, 2.24) is 4.90 Å². The highest BCUT2D eigenvalue weighted by Crippen LogP contribution is 2.40. The number of nitrogens with zero attached hydrogens (tertiary/aromatic N) is 4. The van der Waals surface area contributed by atoms with Crippen LogP contribution in [0.3, 0.4) is 0 Å². The molecular weight excluding hydrogens is 408 g/mol. The fourth-order valence-electron chi connectivity index (χ4n) is 3.80. The second kappa shape index (κ2) is 8.44. The van der Waals surface area contributed by atoms with E-state index >= 15 is 0 Å². The molecule has 0 saturated carbocycles. The lowest BCUT2D eigenvalue weighted by molar-refractivity contribution is -0.547.